The van der Waals surface area contributed by atoms with Gasteiger partial charge in [0.25, 0.3) is 5.91 Å². The zero-order valence-corrected chi connectivity index (χ0v) is 13.7. The van der Waals surface area contributed by atoms with Crippen molar-refractivity contribution in [3.63, 3.8) is 0 Å². The lowest BCUT2D eigenvalue weighted by molar-refractivity contribution is 0.0773. The molecule has 0 heterocycles. The summed E-state index contributed by atoms with van der Waals surface area (Å²) in [6.07, 6.45) is 0. The summed E-state index contributed by atoms with van der Waals surface area (Å²) in [4.78, 5) is 14.1. The fourth-order valence-corrected chi connectivity index (χ4v) is 2.30. The van der Waals surface area contributed by atoms with Gasteiger partial charge in [-0.3, -0.25) is 4.79 Å². The highest BCUT2D eigenvalue weighted by Gasteiger charge is 2.13. The Kier molecular flexibility index (Phi) is 5.21. The van der Waals surface area contributed by atoms with Gasteiger partial charge in [-0.05, 0) is 44.5 Å². The van der Waals surface area contributed by atoms with E-state index in [0.29, 0.717) is 13.2 Å². The van der Waals surface area contributed by atoms with Gasteiger partial charge in [-0.25, -0.2) is 0 Å². The highest BCUT2D eigenvalue weighted by atomic mass is 16.5. The Balaban J connectivity index is 1.90. The molecule has 0 radical (unpaired) electrons. The van der Waals surface area contributed by atoms with Crippen LogP contribution in [0.3, 0.4) is 0 Å². The van der Waals surface area contributed by atoms with Crippen LogP contribution >= 0.6 is 0 Å². The number of rotatable bonds is 5. The summed E-state index contributed by atoms with van der Waals surface area (Å²) < 4.78 is 5.67. The van der Waals surface area contributed by atoms with E-state index in [1.807, 2.05) is 63.2 Å². The first kappa shape index (κ1) is 16.1. The van der Waals surface area contributed by atoms with Gasteiger partial charge in [-0.1, -0.05) is 35.4 Å². The molecule has 2 aromatic carbocycles. The molecule has 0 aliphatic heterocycles. The van der Waals surface area contributed by atoms with Crippen LogP contribution < -0.4 is 4.74 Å². The number of carbonyl (C=O) groups excluding carboxylic acids is 1. The van der Waals surface area contributed by atoms with Gasteiger partial charge in [-0.15, -0.1) is 0 Å². The molecule has 3 nitrogen and oxygen atoms in total. The van der Waals surface area contributed by atoms with Gasteiger partial charge in [0.05, 0.1) is 6.54 Å². The van der Waals surface area contributed by atoms with Gasteiger partial charge < -0.3 is 9.64 Å². The van der Waals surface area contributed by atoms with E-state index in [2.05, 4.69) is 0 Å². The van der Waals surface area contributed by atoms with Crippen LogP contribution in [-0.4, -0.2) is 31.0 Å². The second kappa shape index (κ2) is 7.12. The molecule has 0 unspecified atom stereocenters. The Morgan fingerprint density at radius 3 is 2.27 bits per heavy atom. The minimum Gasteiger partial charge on any atom is -0.492 e. The van der Waals surface area contributed by atoms with Crippen molar-refractivity contribution < 1.29 is 9.53 Å². The van der Waals surface area contributed by atoms with Gasteiger partial charge in [0, 0.05) is 12.6 Å². The smallest absolute Gasteiger partial charge is 0.253 e. The summed E-state index contributed by atoms with van der Waals surface area (Å²) in [6, 6.07) is 13.8. The highest BCUT2D eigenvalue weighted by molar-refractivity contribution is 5.95. The number of ether oxygens (including phenoxy) is 1. The fraction of sp³-hybridized carbons (Fsp3) is 0.316. The predicted octanol–water partition coefficient (Wildman–Crippen LogP) is 3.76. The van der Waals surface area contributed by atoms with E-state index < -0.39 is 0 Å². The molecule has 0 aromatic heterocycles. The molecule has 0 spiro atoms. The molecule has 0 N–H and O–H groups in total. The normalized spacial score (nSPS) is 10.4. The molecule has 116 valence electrons. The Hall–Kier alpha value is -2.29. The van der Waals surface area contributed by atoms with Crippen LogP contribution in [-0.2, 0) is 0 Å². The number of hydrogen-bond donors (Lipinski definition) is 0. The maximum Gasteiger partial charge on any atom is 0.253 e. The zero-order valence-electron chi connectivity index (χ0n) is 13.7. The average Bonchev–Trinajstić information content (AvgIpc) is 2.48. The van der Waals surface area contributed by atoms with Gasteiger partial charge in [0.15, 0.2) is 0 Å². The molecule has 0 fully saturated rings. The first-order chi connectivity index (χ1) is 10.5. The first-order valence-electron chi connectivity index (χ1n) is 7.49. The van der Waals surface area contributed by atoms with Gasteiger partial charge in [0.1, 0.15) is 12.4 Å². The monoisotopic (exact) mass is 297 g/mol. The largest absolute Gasteiger partial charge is 0.492 e. The van der Waals surface area contributed by atoms with Crippen LogP contribution in [0, 0.1) is 20.8 Å². The molecule has 0 aliphatic carbocycles. The maximum atomic E-state index is 12.4. The Morgan fingerprint density at radius 2 is 1.64 bits per heavy atom. The number of benzene rings is 2. The van der Waals surface area contributed by atoms with Crippen molar-refractivity contribution in [3.8, 4) is 5.75 Å². The minimum atomic E-state index is 0.0324. The van der Waals surface area contributed by atoms with E-state index in [1.165, 1.54) is 11.1 Å². The third-order valence-corrected chi connectivity index (χ3v) is 3.68. The molecule has 0 saturated carbocycles. The first-order valence-corrected chi connectivity index (χ1v) is 7.49. The third-order valence-electron chi connectivity index (χ3n) is 3.68. The molecule has 0 bridgehead atoms. The quantitative estimate of drug-likeness (QED) is 0.841. The van der Waals surface area contributed by atoms with Gasteiger partial charge in [0.2, 0.25) is 0 Å². The molecule has 1 amide bonds. The summed E-state index contributed by atoms with van der Waals surface area (Å²) >= 11 is 0. The molecule has 22 heavy (non-hydrogen) atoms. The van der Waals surface area contributed by atoms with Crippen LogP contribution in [0.15, 0.2) is 42.5 Å². The molecule has 2 aromatic rings. The van der Waals surface area contributed by atoms with Gasteiger partial charge in [-0.2, -0.15) is 0 Å². The van der Waals surface area contributed by atoms with Crippen molar-refractivity contribution in [2.75, 3.05) is 20.2 Å². The van der Waals surface area contributed by atoms with E-state index in [4.69, 9.17) is 4.74 Å². The molecule has 0 aliphatic rings. The van der Waals surface area contributed by atoms with Crippen molar-refractivity contribution in [2.45, 2.75) is 20.8 Å². The summed E-state index contributed by atoms with van der Waals surface area (Å²) in [5, 5.41) is 0. The molecular formula is C19H23NO2. The van der Waals surface area contributed by atoms with E-state index in [0.717, 1.165) is 16.9 Å². The van der Waals surface area contributed by atoms with Crippen molar-refractivity contribution in [1.29, 1.82) is 0 Å². The number of likely N-dealkylation sites (N-methyl/N-ethyl adjacent to an activating group) is 1. The molecule has 2 rings (SSSR count). The number of nitrogens with zero attached hydrogens (tertiary/aromatic N) is 1. The predicted molar refractivity (Wildman–Crippen MR) is 89.6 cm³/mol. The number of carbonyl (C=O) groups is 1. The van der Waals surface area contributed by atoms with Crippen LogP contribution in [0.5, 0.6) is 5.75 Å². The summed E-state index contributed by atoms with van der Waals surface area (Å²) in [5.74, 6) is 0.864. The minimum absolute atomic E-state index is 0.0324. The lowest BCUT2D eigenvalue weighted by atomic mass is 10.0. The van der Waals surface area contributed by atoms with E-state index >= 15 is 0 Å². The highest BCUT2D eigenvalue weighted by Crippen LogP contribution is 2.13. The van der Waals surface area contributed by atoms with E-state index in [9.17, 15) is 4.79 Å². The van der Waals surface area contributed by atoms with E-state index in [1.54, 1.807) is 11.9 Å². The topological polar surface area (TPSA) is 29.5 Å². The number of amides is 1. The average molecular weight is 297 g/mol. The van der Waals surface area contributed by atoms with Crippen molar-refractivity contribution >= 4 is 5.91 Å². The third kappa shape index (κ3) is 4.10. The SMILES string of the molecule is Cc1ccc(OCCN(C)C(=O)c2ccc(C)cc2C)cc1. The van der Waals surface area contributed by atoms with Crippen LogP contribution in [0.4, 0.5) is 0 Å². The number of hydrogen-bond acceptors (Lipinski definition) is 2. The lowest BCUT2D eigenvalue weighted by Gasteiger charge is -2.19. The van der Waals surface area contributed by atoms with Crippen LogP contribution in [0.1, 0.15) is 27.0 Å². The zero-order chi connectivity index (χ0) is 16.1. The second-order valence-corrected chi connectivity index (χ2v) is 5.71. The standard InChI is InChI=1S/C19H23NO2/c1-14-5-8-17(9-6-14)22-12-11-20(4)19(21)18-10-7-15(2)13-16(18)3/h5-10,13H,11-12H2,1-4H3. The molecule has 0 saturated heterocycles. The van der Waals surface area contributed by atoms with Crippen LogP contribution in [0.2, 0.25) is 0 Å². The van der Waals surface area contributed by atoms with Crippen molar-refractivity contribution in [1.82, 2.24) is 4.90 Å². The van der Waals surface area contributed by atoms with E-state index in [-0.39, 0.29) is 5.91 Å². The fourth-order valence-electron chi connectivity index (χ4n) is 2.30. The molecule has 3 heteroatoms. The lowest BCUT2D eigenvalue weighted by Crippen LogP contribution is -2.31. The van der Waals surface area contributed by atoms with Crippen molar-refractivity contribution in [2.24, 2.45) is 0 Å². The van der Waals surface area contributed by atoms with Crippen LogP contribution in [0.25, 0.3) is 0 Å². The summed E-state index contributed by atoms with van der Waals surface area (Å²) in [5.41, 5.74) is 4.13. The summed E-state index contributed by atoms with van der Waals surface area (Å²) in [7, 11) is 1.81. The second-order valence-electron chi connectivity index (χ2n) is 5.71. The number of aryl methyl sites for hydroxylation is 3. The Labute approximate surface area is 132 Å². The Morgan fingerprint density at radius 1 is 1.00 bits per heavy atom. The molecule has 0 atom stereocenters. The maximum absolute atomic E-state index is 12.4. The molecular weight excluding hydrogens is 274 g/mol. The van der Waals surface area contributed by atoms with Crippen molar-refractivity contribution in [3.05, 3.63) is 64.7 Å². The van der Waals surface area contributed by atoms with Gasteiger partial charge >= 0.3 is 0 Å². The summed E-state index contributed by atoms with van der Waals surface area (Å²) in [6.45, 7) is 7.08. The Bertz CT molecular complexity index is 647.